The van der Waals surface area contributed by atoms with Crippen molar-refractivity contribution in [2.24, 2.45) is 0 Å². The van der Waals surface area contributed by atoms with Gasteiger partial charge in [0.15, 0.2) is 0 Å². The van der Waals surface area contributed by atoms with Gasteiger partial charge in [-0.05, 0) is 49.6 Å². The normalized spacial score (nSPS) is 13.5. The van der Waals surface area contributed by atoms with Crippen molar-refractivity contribution in [3.8, 4) is 0 Å². The minimum Gasteiger partial charge on any atom is -0.349 e. The lowest BCUT2D eigenvalue weighted by Crippen LogP contribution is -2.26. The molecule has 0 atom stereocenters. The summed E-state index contributed by atoms with van der Waals surface area (Å²) in [5, 5.41) is 5.70. The van der Waals surface area contributed by atoms with Crippen molar-refractivity contribution in [2.45, 2.75) is 25.8 Å². The number of aryl methyl sites for hydroxylation is 1. The van der Waals surface area contributed by atoms with Crippen molar-refractivity contribution < 1.29 is 9.59 Å². The van der Waals surface area contributed by atoms with Gasteiger partial charge in [0.05, 0.1) is 11.1 Å². The number of hydrogen-bond acceptors (Lipinski definition) is 3. The Morgan fingerprint density at radius 1 is 1.13 bits per heavy atom. The topological polar surface area (TPSA) is 71.1 Å². The van der Waals surface area contributed by atoms with Crippen molar-refractivity contribution in [1.29, 1.82) is 0 Å². The summed E-state index contributed by atoms with van der Waals surface area (Å²) in [5.41, 5.74) is 2.48. The number of amides is 2. The van der Waals surface area contributed by atoms with E-state index >= 15 is 0 Å². The molecule has 1 heterocycles. The van der Waals surface area contributed by atoms with Gasteiger partial charge in [0.1, 0.15) is 0 Å². The number of rotatable bonds is 4. The van der Waals surface area contributed by atoms with E-state index in [0.717, 1.165) is 22.9 Å². The van der Waals surface area contributed by atoms with E-state index in [2.05, 4.69) is 31.5 Å². The molecule has 0 aliphatic heterocycles. The summed E-state index contributed by atoms with van der Waals surface area (Å²) in [6.07, 6.45) is 4.96. The van der Waals surface area contributed by atoms with Gasteiger partial charge >= 0.3 is 0 Å². The van der Waals surface area contributed by atoms with Gasteiger partial charge in [-0.15, -0.1) is 0 Å². The number of nitrogens with one attached hydrogen (secondary N) is 2. The van der Waals surface area contributed by atoms with Gasteiger partial charge in [0.25, 0.3) is 11.8 Å². The second-order valence-electron chi connectivity index (χ2n) is 5.63. The number of anilines is 1. The number of halogens is 1. The highest BCUT2D eigenvalue weighted by molar-refractivity contribution is 9.10. The monoisotopic (exact) mass is 373 g/mol. The minimum atomic E-state index is -0.291. The number of carbonyl (C=O) groups excluding carboxylic acids is 2. The Bertz CT molecular complexity index is 772. The highest BCUT2D eigenvalue weighted by Gasteiger charge is 2.24. The highest BCUT2D eigenvalue weighted by Crippen LogP contribution is 2.21. The third-order valence-electron chi connectivity index (χ3n) is 3.59. The molecule has 1 aliphatic rings. The first-order chi connectivity index (χ1) is 11.0. The fraction of sp³-hybridized carbons (Fsp3) is 0.235. The molecule has 23 heavy (non-hydrogen) atoms. The molecule has 1 aromatic heterocycles. The SMILES string of the molecule is Cc1cc(NC(=O)c2cncc(C(=O)NC3CC3)c2)ccc1Br. The Balaban J connectivity index is 1.73. The number of nitrogens with zero attached hydrogens (tertiary/aromatic N) is 1. The quantitative estimate of drug-likeness (QED) is 0.863. The summed E-state index contributed by atoms with van der Waals surface area (Å²) in [7, 11) is 0. The Labute approximate surface area is 142 Å². The summed E-state index contributed by atoms with van der Waals surface area (Å²) >= 11 is 3.42. The maximum Gasteiger partial charge on any atom is 0.257 e. The zero-order chi connectivity index (χ0) is 16.4. The number of aromatic nitrogens is 1. The standard InChI is InChI=1S/C17H16BrN3O2/c1-10-6-14(4-5-15(10)18)21-17(23)12-7-11(8-19-9-12)16(22)20-13-2-3-13/h4-9,13H,2-3H2,1H3,(H,20,22)(H,21,23). The van der Waals surface area contributed by atoms with Crippen LogP contribution < -0.4 is 10.6 Å². The molecule has 6 heteroatoms. The summed E-state index contributed by atoms with van der Waals surface area (Å²) in [6.45, 7) is 1.95. The van der Waals surface area contributed by atoms with Gasteiger partial charge in [-0.25, -0.2) is 0 Å². The van der Waals surface area contributed by atoms with E-state index < -0.39 is 0 Å². The second-order valence-corrected chi connectivity index (χ2v) is 6.48. The molecular formula is C17H16BrN3O2. The van der Waals surface area contributed by atoms with E-state index in [0.29, 0.717) is 16.8 Å². The van der Waals surface area contributed by atoms with Crippen molar-refractivity contribution in [1.82, 2.24) is 10.3 Å². The van der Waals surface area contributed by atoms with E-state index in [1.165, 1.54) is 12.4 Å². The highest BCUT2D eigenvalue weighted by atomic mass is 79.9. The van der Waals surface area contributed by atoms with Gasteiger partial charge in [0, 0.05) is 28.6 Å². The number of benzene rings is 1. The summed E-state index contributed by atoms with van der Waals surface area (Å²) in [4.78, 5) is 28.3. The van der Waals surface area contributed by atoms with E-state index in [9.17, 15) is 9.59 Å². The Hall–Kier alpha value is -2.21. The molecule has 2 aromatic rings. The van der Waals surface area contributed by atoms with Crippen LogP contribution in [0.5, 0.6) is 0 Å². The number of carbonyl (C=O) groups is 2. The molecular weight excluding hydrogens is 358 g/mol. The van der Waals surface area contributed by atoms with Crippen LogP contribution in [0.4, 0.5) is 5.69 Å². The number of pyridine rings is 1. The third kappa shape index (κ3) is 3.96. The van der Waals surface area contributed by atoms with E-state index in [1.807, 2.05) is 25.1 Å². The first-order valence-electron chi connectivity index (χ1n) is 7.36. The molecule has 1 saturated carbocycles. The molecule has 0 unspecified atom stereocenters. The molecule has 1 fully saturated rings. The smallest absolute Gasteiger partial charge is 0.257 e. The van der Waals surface area contributed by atoms with Crippen LogP contribution in [0.25, 0.3) is 0 Å². The maximum absolute atomic E-state index is 12.3. The van der Waals surface area contributed by atoms with Gasteiger partial charge in [0.2, 0.25) is 0 Å². The van der Waals surface area contributed by atoms with E-state index in [-0.39, 0.29) is 17.9 Å². The van der Waals surface area contributed by atoms with Crippen molar-refractivity contribution in [3.05, 3.63) is 57.8 Å². The molecule has 2 amide bonds. The summed E-state index contributed by atoms with van der Waals surface area (Å²) < 4.78 is 0.982. The molecule has 5 nitrogen and oxygen atoms in total. The Morgan fingerprint density at radius 2 is 1.83 bits per heavy atom. The molecule has 0 radical (unpaired) electrons. The van der Waals surface area contributed by atoms with Crippen LogP contribution in [-0.2, 0) is 0 Å². The fourth-order valence-electron chi connectivity index (χ4n) is 2.11. The zero-order valence-corrected chi connectivity index (χ0v) is 14.2. The lowest BCUT2D eigenvalue weighted by atomic mass is 10.1. The summed E-state index contributed by atoms with van der Waals surface area (Å²) in [6, 6.07) is 7.39. The predicted molar refractivity (Wildman–Crippen MR) is 91.6 cm³/mol. The summed E-state index contributed by atoms with van der Waals surface area (Å²) in [5.74, 6) is -0.477. The molecule has 0 saturated heterocycles. The molecule has 1 aromatic carbocycles. The molecule has 3 rings (SSSR count). The van der Waals surface area contributed by atoms with Gasteiger partial charge in [-0.3, -0.25) is 14.6 Å². The average Bonchev–Trinajstić information content (AvgIpc) is 3.35. The van der Waals surface area contributed by atoms with E-state index in [1.54, 1.807) is 6.07 Å². The Morgan fingerprint density at radius 3 is 2.48 bits per heavy atom. The zero-order valence-electron chi connectivity index (χ0n) is 12.6. The molecule has 2 N–H and O–H groups in total. The lowest BCUT2D eigenvalue weighted by molar-refractivity contribution is 0.0950. The van der Waals surface area contributed by atoms with Crippen LogP contribution in [0.1, 0.15) is 39.1 Å². The average molecular weight is 374 g/mol. The van der Waals surface area contributed by atoms with Crippen LogP contribution in [0.15, 0.2) is 41.1 Å². The molecule has 118 valence electrons. The van der Waals surface area contributed by atoms with Crippen LogP contribution in [0.3, 0.4) is 0 Å². The number of hydrogen-bond donors (Lipinski definition) is 2. The lowest BCUT2D eigenvalue weighted by Gasteiger charge is -2.08. The third-order valence-corrected chi connectivity index (χ3v) is 4.48. The fourth-order valence-corrected chi connectivity index (χ4v) is 2.36. The minimum absolute atomic E-state index is 0.186. The molecule has 1 aliphatic carbocycles. The van der Waals surface area contributed by atoms with Gasteiger partial charge in [-0.2, -0.15) is 0 Å². The van der Waals surface area contributed by atoms with Crippen LogP contribution in [0.2, 0.25) is 0 Å². The van der Waals surface area contributed by atoms with E-state index in [4.69, 9.17) is 0 Å². The van der Waals surface area contributed by atoms with Crippen LogP contribution in [-0.4, -0.2) is 22.8 Å². The van der Waals surface area contributed by atoms with Gasteiger partial charge < -0.3 is 10.6 Å². The predicted octanol–water partition coefficient (Wildman–Crippen LogP) is 3.30. The molecule has 0 bridgehead atoms. The largest absolute Gasteiger partial charge is 0.349 e. The van der Waals surface area contributed by atoms with Crippen molar-refractivity contribution in [2.75, 3.05) is 5.32 Å². The van der Waals surface area contributed by atoms with Crippen LogP contribution in [0, 0.1) is 6.92 Å². The van der Waals surface area contributed by atoms with Crippen molar-refractivity contribution in [3.63, 3.8) is 0 Å². The maximum atomic E-state index is 12.3. The van der Waals surface area contributed by atoms with Crippen molar-refractivity contribution >= 4 is 33.4 Å². The van der Waals surface area contributed by atoms with Gasteiger partial charge in [-0.1, -0.05) is 15.9 Å². The Kier molecular flexibility index (Phi) is 4.43. The molecule has 0 spiro atoms. The van der Waals surface area contributed by atoms with Crippen LogP contribution >= 0.6 is 15.9 Å². The first-order valence-corrected chi connectivity index (χ1v) is 8.15. The second kappa shape index (κ2) is 6.50. The first kappa shape index (κ1) is 15.7.